The van der Waals surface area contributed by atoms with Gasteiger partial charge in [0.1, 0.15) is 6.61 Å². The van der Waals surface area contributed by atoms with Crippen molar-refractivity contribution < 1.29 is 19.3 Å². The average Bonchev–Trinajstić information content (AvgIpc) is 2.28. The predicted molar refractivity (Wildman–Crippen MR) is 66.5 cm³/mol. The topological polar surface area (TPSA) is 47.6 Å². The summed E-state index contributed by atoms with van der Waals surface area (Å²) in [7, 11) is 0. The monoisotopic (exact) mass is 247 g/mol. The SMILES string of the molecule is CCCCOC(C)(C[O])OCCCOC(C)C. The van der Waals surface area contributed by atoms with Crippen LogP contribution in [0, 0.1) is 0 Å². The Hall–Kier alpha value is -0.160. The highest BCUT2D eigenvalue weighted by molar-refractivity contribution is 4.60. The lowest BCUT2D eigenvalue weighted by atomic mass is 10.3. The van der Waals surface area contributed by atoms with Crippen LogP contribution >= 0.6 is 0 Å². The molecule has 0 aliphatic rings. The van der Waals surface area contributed by atoms with Gasteiger partial charge in [0, 0.05) is 6.61 Å². The molecule has 0 amide bonds. The van der Waals surface area contributed by atoms with Crippen molar-refractivity contribution in [2.24, 2.45) is 0 Å². The highest BCUT2D eigenvalue weighted by Crippen LogP contribution is 2.13. The fourth-order valence-corrected chi connectivity index (χ4v) is 1.22. The summed E-state index contributed by atoms with van der Waals surface area (Å²) < 4.78 is 16.4. The van der Waals surface area contributed by atoms with Gasteiger partial charge in [0.15, 0.2) is 5.79 Å². The standard InChI is InChI=1S/C13H27O4/c1-5-6-9-16-13(4,11-14)17-10-7-8-15-12(2)3/h12H,5-11H2,1-4H3. The Kier molecular flexibility index (Phi) is 9.74. The molecule has 0 spiro atoms. The van der Waals surface area contributed by atoms with Crippen molar-refractivity contribution in [2.75, 3.05) is 26.4 Å². The van der Waals surface area contributed by atoms with Crippen molar-refractivity contribution in [3.05, 3.63) is 0 Å². The second kappa shape index (κ2) is 9.83. The Labute approximate surface area is 105 Å². The van der Waals surface area contributed by atoms with Crippen LogP contribution in [0.2, 0.25) is 0 Å². The highest BCUT2D eigenvalue weighted by Gasteiger charge is 2.25. The molecule has 0 bridgehead atoms. The van der Waals surface area contributed by atoms with E-state index in [2.05, 4.69) is 6.92 Å². The zero-order valence-corrected chi connectivity index (χ0v) is 11.7. The number of rotatable bonds is 11. The summed E-state index contributed by atoms with van der Waals surface area (Å²) in [6.07, 6.45) is 3.03. The molecule has 1 atom stereocenters. The number of unbranched alkanes of at least 4 members (excludes halogenated alkanes) is 1. The molecule has 0 aliphatic heterocycles. The Morgan fingerprint density at radius 2 is 1.65 bits per heavy atom. The Balaban J connectivity index is 3.64. The van der Waals surface area contributed by atoms with Crippen LogP contribution in [0.5, 0.6) is 0 Å². The number of hydrogen-bond acceptors (Lipinski definition) is 3. The normalized spacial score (nSPS) is 15.2. The van der Waals surface area contributed by atoms with Crippen LogP contribution < -0.4 is 0 Å². The average molecular weight is 247 g/mol. The van der Waals surface area contributed by atoms with Gasteiger partial charge in [-0.2, -0.15) is 0 Å². The second-order valence-corrected chi connectivity index (χ2v) is 4.60. The highest BCUT2D eigenvalue weighted by atomic mass is 16.7. The molecule has 17 heavy (non-hydrogen) atoms. The smallest absolute Gasteiger partial charge is 0.192 e. The predicted octanol–water partition coefficient (Wildman–Crippen LogP) is 2.78. The van der Waals surface area contributed by atoms with Gasteiger partial charge < -0.3 is 14.2 Å². The van der Waals surface area contributed by atoms with Crippen LogP contribution in [0.3, 0.4) is 0 Å². The van der Waals surface area contributed by atoms with E-state index in [1.54, 1.807) is 6.92 Å². The van der Waals surface area contributed by atoms with Gasteiger partial charge in [-0.3, -0.25) is 0 Å². The van der Waals surface area contributed by atoms with E-state index in [4.69, 9.17) is 14.2 Å². The zero-order valence-electron chi connectivity index (χ0n) is 11.7. The van der Waals surface area contributed by atoms with Crippen molar-refractivity contribution in [1.82, 2.24) is 0 Å². The third-order valence-corrected chi connectivity index (χ3v) is 2.31. The van der Waals surface area contributed by atoms with Gasteiger partial charge in [-0.1, -0.05) is 13.3 Å². The third-order valence-electron chi connectivity index (χ3n) is 2.31. The first-order chi connectivity index (χ1) is 8.04. The summed E-state index contributed by atoms with van der Waals surface area (Å²) in [5, 5.41) is 11.0. The first kappa shape index (κ1) is 16.8. The molecule has 0 saturated heterocycles. The van der Waals surface area contributed by atoms with E-state index in [1.807, 2.05) is 13.8 Å². The van der Waals surface area contributed by atoms with Crippen LogP contribution in [-0.2, 0) is 19.3 Å². The van der Waals surface area contributed by atoms with Gasteiger partial charge >= 0.3 is 0 Å². The van der Waals surface area contributed by atoms with E-state index in [0.29, 0.717) is 19.8 Å². The Morgan fingerprint density at radius 3 is 2.12 bits per heavy atom. The Bertz CT molecular complexity index is 173. The maximum absolute atomic E-state index is 11.0. The van der Waals surface area contributed by atoms with Crippen molar-refractivity contribution in [2.45, 2.75) is 58.8 Å². The minimum Gasteiger partial charge on any atom is -0.379 e. The Morgan fingerprint density at radius 1 is 1.06 bits per heavy atom. The van der Waals surface area contributed by atoms with Gasteiger partial charge in [-0.25, -0.2) is 5.11 Å². The molecule has 0 rings (SSSR count). The van der Waals surface area contributed by atoms with E-state index in [9.17, 15) is 5.11 Å². The molecule has 0 heterocycles. The third kappa shape index (κ3) is 9.53. The molecule has 4 heteroatoms. The van der Waals surface area contributed by atoms with Crippen LogP contribution in [-0.4, -0.2) is 38.3 Å². The second-order valence-electron chi connectivity index (χ2n) is 4.60. The van der Waals surface area contributed by atoms with Crippen molar-refractivity contribution in [3.63, 3.8) is 0 Å². The number of ether oxygens (including phenoxy) is 3. The van der Waals surface area contributed by atoms with Gasteiger partial charge in [0.25, 0.3) is 0 Å². The minimum absolute atomic E-state index is 0.238. The summed E-state index contributed by atoms with van der Waals surface area (Å²) >= 11 is 0. The fraction of sp³-hybridized carbons (Fsp3) is 1.00. The van der Waals surface area contributed by atoms with E-state index in [-0.39, 0.29) is 12.7 Å². The molecular weight excluding hydrogens is 220 g/mol. The molecule has 0 fully saturated rings. The van der Waals surface area contributed by atoms with Gasteiger partial charge in [0.2, 0.25) is 0 Å². The van der Waals surface area contributed by atoms with Gasteiger partial charge in [0.05, 0.1) is 19.3 Å². The van der Waals surface area contributed by atoms with Crippen LogP contribution in [0.4, 0.5) is 0 Å². The van der Waals surface area contributed by atoms with Gasteiger partial charge in [-0.15, -0.1) is 0 Å². The van der Waals surface area contributed by atoms with Gasteiger partial charge in [-0.05, 0) is 33.6 Å². The van der Waals surface area contributed by atoms with Crippen molar-refractivity contribution >= 4 is 0 Å². The molecule has 4 nitrogen and oxygen atoms in total. The quantitative estimate of drug-likeness (QED) is 0.416. The number of hydrogen-bond donors (Lipinski definition) is 0. The molecule has 0 aliphatic carbocycles. The minimum atomic E-state index is -0.979. The molecule has 0 aromatic carbocycles. The summed E-state index contributed by atoms with van der Waals surface area (Å²) in [5.74, 6) is -0.979. The van der Waals surface area contributed by atoms with Crippen molar-refractivity contribution in [3.8, 4) is 0 Å². The first-order valence-electron chi connectivity index (χ1n) is 6.51. The molecule has 1 radical (unpaired) electrons. The molecule has 0 saturated carbocycles. The van der Waals surface area contributed by atoms with Crippen LogP contribution in [0.1, 0.15) is 47.0 Å². The summed E-state index contributed by atoms with van der Waals surface area (Å²) in [5.41, 5.74) is 0. The molecular formula is C13H27O4. The van der Waals surface area contributed by atoms with Crippen LogP contribution in [0.15, 0.2) is 0 Å². The maximum atomic E-state index is 11.0. The van der Waals surface area contributed by atoms with E-state index in [0.717, 1.165) is 19.3 Å². The lowest BCUT2D eigenvalue weighted by Crippen LogP contribution is -2.37. The summed E-state index contributed by atoms with van der Waals surface area (Å²) in [6.45, 7) is 9.15. The molecule has 1 unspecified atom stereocenters. The lowest BCUT2D eigenvalue weighted by Gasteiger charge is -2.27. The van der Waals surface area contributed by atoms with Crippen molar-refractivity contribution in [1.29, 1.82) is 0 Å². The lowest BCUT2D eigenvalue weighted by molar-refractivity contribution is -0.252. The first-order valence-corrected chi connectivity index (χ1v) is 6.51. The zero-order chi connectivity index (χ0) is 13.1. The fourth-order valence-electron chi connectivity index (χ4n) is 1.22. The molecule has 0 aromatic rings. The van der Waals surface area contributed by atoms with E-state index >= 15 is 0 Å². The van der Waals surface area contributed by atoms with Crippen LogP contribution in [0.25, 0.3) is 0 Å². The molecule has 103 valence electrons. The summed E-state index contributed by atoms with van der Waals surface area (Å²) in [6, 6.07) is 0. The molecule has 0 N–H and O–H groups in total. The largest absolute Gasteiger partial charge is 0.379 e. The summed E-state index contributed by atoms with van der Waals surface area (Å²) in [4.78, 5) is 0. The van der Waals surface area contributed by atoms with E-state index in [1.165, 1.54) is 0 Å². The maximum Gasteiger partial charge on any atom is 0.192 e. The van der Waals surface area contributed by atoms with E-state index < -0.39 is 5.79 Å². The molecule has 0 aromatic heterocycles.